The molecule has 1 aromatic carbocycles. The molecule has 102 valence electrons. The van der Waals surface area contributed by atoms with Gasteiger partial charge in [-0.2, -0.15) is 0 Å². The summed E-state index contributed by atoms with van der Waals surface area (Å²) in [5, 5.41) is 7.42. The molecular weight excluding hydrogens is 290 g/mol. The zero-order valence-corrected chi connectivity index (χ0v) is 11.9. The van der Waals surface area contributed by atoms with Crippen LogP contribution in [0.25, 0.3) is 11.5 Å². The number of hydrogen-bond acceptors (Lipinski definition) is 5. The molecule has 0 bridgehead atoms. The maximum atomic E-state index is 11.6. The molecule has 0 radical (unpaired) electrons. The van der Waals surface area contributed by atoms with Crippen LogP contribution in [0.15, 0.2) is 28.7 Å². The van der Waals surface area contributed by atoms with E-state index < -0.39 is 15.3 Å². The van der Waals surface area contributed by atoms with E-state index in [9.17, 15) is 8.42 Å². The van der Waals surface area contributed by atoms with Crippen molar-refractivity contribution in [2.24, 2.45) is 0 Å². The Balaban J connectivity index is 2.22. The van der Waals surface area contributed by atoms with E-state index in [2.05, 4.69) is 14.9 Å². The third-order valence-electron chi connectivity index (χ3n) is 2.37. The van der Waals surface area contributed by atoms with Gasteiger partial charge in [-0.1, -0.05) is 16.7 Å². The van der Waals surface area contributed by atoms with Crippen LogP contribution in [-0.4, -0.2) is 23.9 Å². The van der Waals surface area contributed by atoms with E-state index in [1.54, 1.807) is 38.1 Å². The predicted octanol–water partition coefficient (Wildman–Crippen LogP) is 2.54. The van der Waals surface area contributed by atoms with E-state index >= 15 is 0 Å². The first-order valence-corrected chi connectivity index (χ1v) is 7.42. The topological polar surface area (TPSA) is 85.1 Å². The highest BCUT2D eigenvalue weighted by atomic mass is 35.5. The summed E-state index contributed by atoms with van der Waals surface area (Å²) in [6.07, 6.45) is 0. The molecule has 0 aliphatic carbocycles. The fourth-order valence-electron chi connectivity index (χ4n) is 1.21. The maximum absolute atomic E-state index is 11.6. The molecule has 1 N–H and O–H groups in total. The summed E-state index contributed by atoms with van der Waals surface area (Å²) in [4.78, 5) is 0. The highest BCUT2D eigenvalue weighted by Crippen LogP contribution is 2.22. The zero-order valence-electron chi connectivity index (χ0n) is 10.3. The second-order valence-electron chi connectivity index (χ2n) is 4.12. The monoisotopic (exact) mass is 301 g/mol. The Labute approximate surface area is 115 Å². The van der Waals surface area contributed by atoms with Crippen LogP contribution in [-0.2, 0) is 10.0 Å². The van der Waals surface area contributed by atoms with Crippen molar-refractivity contribution in [2.45, 2.75) is 19.1 Å². The van der Waals surface area contributed by atoms with Crippen LogP contribution < -0.4 is 4.72 Å². The van der Waals surface area contributed by atoms with Crippen molar-refractivity contribution in [3.05, 3.63) is 29.3 Å². The molecule has 2 aromatic rings. The minimum absolute atomic E-state index is 0.154. The second kappa shape index (κ2) is 5.18. The van der Waals surface area contributed by atoms with Gasteiger partial charge in [0.05, 0.1) is 5.25 Å². The Hall–Kier alpha value is -1.60. The maximum Gasteiger partial charge on any atom is 0.329 e. The molecule has 0 unspecified atom stereocenters. The Morgan fingerprint density at radius 1 is 1.21 bits per heavy atom. The standard InChI is InChI=1S/C11H12ClN3O3S/c1-7(2)19(16,17)15-11-14-13-10(18-11)8-3-5-9(12)6-4-8/h3-7H,1-2H3,(H,14,15). The molecule has 0 aliphatic rings. The van der Waals surface area contributed by atoms with Crippen LogP contribution >= 0.6 is 11.6 Å². The smallest absolute Gasteiger partial charge is 0.329 e. The lowest BCUT2D eigenvalue weighted by molar-refractivity contribution is 0.573. The van der Waals surface area contributed by atoms with E-state index in [1.165, 1.54) is 0 Å². The van der Waals surface area contributed by atoms with Crippen LogP contribution in [0.1, 0.15) is 13.8 Å². The summed E-state index contributed by atoms with van der Waals surface area (Å²) in [7, 11) is -3.49. The van der Waals surface area contributed by atoms with Crippen molar-refractivity contribution < 1.29 is 12.8 Å². The normalized spacial score (nSPS) is 11.8. The molecule has 8 heteroatoms. The Kier molecular flexibility index (Phi) is 3.77. The van der Waals surface area contributed by atoms with Crippen LogP contribution in [0.2, 0.25) is 5.02 Å². The van der Waals surface area contributed by atoms with Crippen molar-refractivity contribution in [1.29, 1.82) is 0 Å². The number of benzene rings is 1. The highest BCUT2D eigenvalue weighted by molar-refractivity contribution is 7.93. The summed E-state index contributed by atoms with van der Waals surface area (Å²) in [6.45, 7) is 3.11. The molecule has 0 aliphatic heterocycles. The largest absolute Gasteiger partial charge is 0.403 e. The molecule has 6 nitrogen and oxygen atoms in total. The van der Waals surface area contributed by atoms with Gasteiger partial charge in [0.25, 0.3) is 0 Å². The number of nitrogens with zero attached hydrogens (tertiary/aromatic N) is 2. The van der Waals surface area contributed by atoms with Crippen LogP contribution in [0.3, 0.4) is 0 Å². The van der Waals surface area contributed by atoms with Gasteiger partial charge in [-0.25, -0.2) is 13.1 Å². The average Bonchev–Trinajstić information content (AvgIpc) is 2.77. The van der Waals surface area contributed by atoms with Crippen molar-refractivity contribution in [3.8, 4) is 11.5 Å². The molecule has 1 aromatic heterocycles. The Morgan fingerprint density at radius 3 is 2.42 bits per heavy atom. The van der Waals surface area contributed by atoms with Gasteiger partial charge in [0.15, 0.2) is 0 Å². The molecular formula is C11H12ClN3O3S. The summed E-state index contributed by atoms with van der Waals surface area (Å²) >= 11 is 5.77. The minimum Gasteiger partial charge on any atom is -0.403 e. The Morgan fingerprint density at radius 2 is 1.84 bits per heavy atom. The SMILES string of the molecule is CC(C)S(=O)(=O)Nc1nnc(-c2ccc(Cl)cc2)o1. The van der Waals surface area contributed by atoms with Gasteiger partial charge < -0.3 is 4.42 Å². The Bertz CT molecular complexity index is 665. The van der Waals surface area contributed by atoms with E-state index in [1.807, 2.05) is 0 Å². The average molecular weight is 302 g/mol. The lowest BCUT2D eigenvalue weighted by atomic mass is 10.2. The van der Waals surface area contributed by atoms with Crippen LogP contribution in [0, 0.1) is 0 Å². The van der Waals surface area contributed by atoms with Gasteiger partial charge in [0, 0.05) is 10.6 Å². The summed E-state index contributed by atoms with van der Waals surface area (Å²) in [5.41, 5.74) is 0.659. The molecule has 1 heterocycles. The molecule has 0 atom stereocenters. The molecule has 0 saturated carbocycles. The molecule has 0 fully saturated rings. The van der Waals surface area contributed by atoms with Gasteiger partial charge >= 0.3 is 6.01 Å². The first-order chi connectivity index (χ1) is 8.88. The van der Waals surface area contributed by atoms with Crippen LogP contribution in [0.5, 0.6) is 0 Å². The lowest BCUT2D eigenvalue weighted by Crippen LogP contribution is -2.22. The molecule has 0 spiro atoms. The lowest BCUT2D eigenvalue weighted by Gasteiger charge is -2.05. The van der Waals surface area contributed by atoms with E-state index in [-0.39, 0.29) is 11.9 Å². The zero-order chi connectivity index (χ0) is 14.0. The number of sulfonamides is 1. The highest BCUT2D eigenvalue weighted by Gasteiger charge is 2.19. The molecule has 0 saturated heterocycles. The third-order valence-corrected chi connectivity index (χ3v) is 4.32. The van der Waals surface area contributed by atoms with Crippen molar-refractivity contribution in [1.82, 2.24) is 10.2 Å². The van der Waals surface area contributed by atoms with Gasteiger partial charge in [0.2, 0.25) is 15.9 Å². The van der Waals surface area contributed by atoms with Gasteiger partial charge in [-0.05, 0) is 38.1 Å². The van der Waals surface area contributed by atoms with Gasteiger partial charge in [-0.3, -0.25) is 0 Å². The first-order valence-electron chi connectivity index (χ1n) is 5.49. The summed E-state index contributed by atoms with van der Waals surface area (Å²) < 4.78 is 30.7. The molecule has 19 heavy (non-hydrogen) atoms. The minimum atomic E-state index is -3.49. The van der Waals surface area contributed by atoms with Crippen molar-refractivity contribution in [2.75, 3.05) is 4.72 Å². The predicted molar refractivity (Wildman–Crippen MR) is 72.4 cm³/mol. The number of hydrogen-bond donors (Lipinski definition) is 1. The van der Waals surface area contributed by atoms with Crippen LogP contribution in [0.4, 0.5) is 6.01 Å². The van der Waals surface area contributed by atoms with E-state index in [0.717, 1.165) is 0 Å². The summed E-state index contributed by atoms with van der Waals surface area (Å²) in [5.74, 6) is 0.220. The number of nitrogens with one attached hydrogen (secondary N) is 1. The number of aromatic nitrogens is 2. The number of rotatable bonds is 4. The van der Waals surface area contributed by atoms with Gasteiger partial charge in [0.1, 0.15) is 0 Å². The van der Waals surface area contributed by atoms with E-state index in [0.29, 0.717) is 10.6 Å². The van der Waals surface area contributed by atoms with Gasteiger partial charge in [-0.15, -0.1) is 5.10 Å². The fourth-order valence-corrected chi connectivity index (χ4v) is 1.90. The molecule has 0 amide bonds. The fraction of sp³-hybridized carbons (Fsp3) is 0.273. The quantitative estimate of drug-likeness (QED) is 0.938. The number of halogens is 1. The van der Waals surface area contributed by atoms with Crippen molar-refractivity contribution in [3.63, 3.8) is 0 Å². The van der Waals surface area contributed by atoms with Crippen molar-refractivity contribution >= 4 is 27.6 Å². The summed E-state index contributed by atoms with van der Waals surface area (Å²) in [6, 6.07) is 6.62. The molecule has 2 rings (SSSR count). The first kappa shape index (κ1) is 13.8. The number of anilines is 1. The third kappa shape index (κ3) is 3.24. The van der Waals surface area contributed by atoms with E-state index in [4.69, 9.17) is 16.0 Å². The second-order valence-corrected chi connectivity index (χ2v) is 6.79.